The molecule has 49 heavy (non-hydrogen) atoms. The van der Waals surface area contributed by atoms with Gasteiger partial charge in [0.25, 0.3) is 0 Å². The first-order valence-corrected chi connectivity index (χ1v) is 19.4. The van der Waals surface area contributed by atoms with E-state index in [0.717, 1.165) is 21.3 Å². The molecule has 0 aromatic rings. The van der Waals surface area contributed by atoms with E-state index in [0.29, 0.717) is 35.3 Å². The number of nitrogens with zero attached hydrogens (tertiary/aromatic N) is 2. The first-order chi connectivity index (χ1) is 23.0. The minimum atomic E-state index is -1.37. The van der Waals surface area contributed by atoms with Gasteiger partial charge in [0.15, 0.2) is 12.2 Å². The van der Waals surface area contributed by atoms with E-state index < -0.39 is 24.8 Å². The van der Waals surface area contributed by atoms with Crippen LogP contribution in [-0.2, 0) is 28.7 Å². The van der Waals surface area contributed by atoms with Crippen LogP contribution in [0.3, 0.4) is 0 Å². The van der Waals surface area contributed by atoms with E-state index in [1.807, 2.05) is 0 Å². The average molecular weight is 689 g/mol. The fourth-order valence-corrected chi connectivity index (χ4v) is 12.5. The molecule has 10 nitrogen and oxygen atoms in total. The molecule has 6 aliphatic rings. The minimum Gasteiger partial charge on any atom is -0.550 e. The summed E-state index contributed by atoms with van der Waals surface area (Å²) in [6.07, 6.45) is 15.5. The monoisotopic (exact) mass is 688 g/mol. The molecule has 4 aliphatic carbocycles. The summed E-state index contributed by atoms with van der Waals surface area (Å²) >= 11 is 0. The molecule has 6 rings (SSSR count). The maximum Gasteiger partial charge on any atom is 0.303 e. The molecule has 0 radical (unpaired) electrons. The zero-order chi connectivity index (χ0) is 35.8. The highest BCUT2D eigenvalue weighted by atomic mass is 16.5. The molecule has 2 heterocycles. The van der Waals surface area contributed by atoms with Crippen molar-refractivity contribution in [3.05, 3.63) is 0 Å². The van der Waals surface area contributed by atoms with Gasteiger partial charge in [-0.05, 0) is 113 Å². The number of likely N-dealkylation sites (tertiary alicyclic amines) is 2. The molecule has 10 heteroatoms. The number of ether oxygens (including phenoxy) is 2. The van der Waals surface area contributed by atoms with Gasteiger partial charge < -0.3 is 38.2 Å². The summed E-state index contributed by atoms with van der Waals surface area (Å²) in [5.41, 5.74) is 0.377. The Morgan fingerprint density at radius 2 is 1.20 bits per heavy atom. The lowest BCUT2D eigenvalue weighted by atomic mass is 9.44. The van der Waals surface area contributed by atoms with Gasteiger partial charge in [-0.15, -0.1) is 0 Å². The molecular formula is C39H64N2O8. The number of carbonyl (C=O) groups excluding carboxylic acids is 4. The largest absolute Gasteiger partial charge is 0.550 e. The van der Waals surface area contributed by atoms with Crippen molar-refractivity contribution in [2.75, 3.05) is 40.3 Å². The Morgan fingerprint density at radius 3 is 1.71 bits per heavy atom. The standard InChI is InChI=1S/C35H60N2O4.C4H6O4/c1-24(38)40-32-21-26-13-14-27-28(35(26,4)23-31(32)37(6)19-11-8-12-20-37)15-16-34(3)29(27)22-30(33(34)41-25(2)39)36(5)17-9-7-10-18-36;5-3(6)1-2-4(7)8/h26-33H,7-23H2,1-6H3;1-2H2,(H,5,6)(H,7,8)/q+2;/p-2/t26?,27?,28?,29?,30-,31-,32-,33-,34-,35-;/m0./s1. The number of hydrogen-bond acceptors (Lipinski definition) is 8. The van der Waals surface area contributed by atoms with Crippen LogP contribution in [0.2, 0.25) is 0 Å². The molecule has 0 N–H and O–H groups in total. The molecule has 4 saturated carbocycles. The predicted molar refractivity (Wildman–Crippen MR) is 180 cm³/mol. The number of hydrogen-bond donors (Lipinski definition) is 0. The molecule has 0 amide bonds. The number of carboxylic acid groups (broad SMARTS) is 2. The van der Waals surface area contributed by atoms with Gasteiger partial charge in [-0.1, -0.05) is 13.8 Å². The minimum absolute atomic E-state index is 0.0462. The predicted octanol–water partition coefficient (Wildman–Crippen LogP) is 3.38. The summed E-state index contributed by atoms with van der Waals surface area (Å²) in [4.78, 5) is 43.8. The van der Waals surface area contributed by atoms with Crippen molar-refractivity contribution in [1.82, 2.24) is 0 Å². The second-order valence-corrected chi connectivity index (χ2v) is 17.9. The van der Waals surface area contributed by atoms with Gasteiger partial charge in [-0.25, -0.2) is 0 Å². The van der Waals surface area contributed by atoms with Crippen LogP contribution in [0, 0.1) is 34.5 Å². The van der Waals surface area contributed by atoms with Crippen molar-refractivity contribution in [2.24, 2.45) is 34.5 Å². The fourth-order valence-electron chi connectivity index (χ4n) is 12.5. The fraction of sp³-hybridized carbons (Fsp3) is 0.897. The van der Waals surface area contributed by atoms with Gasteiger partial charge in [-0.2, -0.15) is 0 Å². The normalized spacial score (nSPS) is 40.6. The Balaban J connectivity index is 0.000000523. The molecule has 0 spiro atoms. The molecule has 0 aromatic heterocycles. The van der Waals surface area contributed by atoms with Crippen LogP contribution in [0.5, 0.6) is 0 Å². The van der Waals surface area contributed by atoms with Crippen molar-refractivity contribution < 1.29 is 47.8 Å². The lowest BCUT2D eigenvalue weighted by Gasteiger charge is -2.63. The van der Waals surface area contributed by atoms with E-state index in [1.165, 1.54) is 103 Å². The van der Waals surface area contributed by atoms with E-state index in [2.05, 4.69) is 27.9 Å². The molecule has 6 fully saturated rings. The van der Waals surface area contributed by atoms with Gasteiger partial charge >= 0.3 is 11.9 Å². The smallest absolute Gasteiger partial charge is 0.303 e. The van der Waals surface area contributed by atoms with E-state index >= 15 is 0 Å². The molecular weight excluding hydrogens is 624 g/mol. The zero-order valence-electron chi connectivity index (χ0n) is 31.2. The summed E-state index contributed by atoms with van der Waals surface area (Å²) in [7, 11) is 4.94. The maximum absolute atomic E-state index is 12.5. The SMILES string of the molecule is CC(=O)O[C@H]1CC2CCC3C(CC[C@@]4(C)C3C[C@H]([N+]3(C)CCCCC3)[C@@H]4OC(C)=O)[C@@]2(C)C[C@@H]1[N+]1(C)CCCCC1.O=C([O-])CCC(=O)[O-]. The number of quaternary nitrogens is 2. The van der Waals surface area contributed by atoms with Crippen LogP contribution in [-0.4, -0.2) is 97.4 Å². The molecule has 278 valence electrons. The Hall–Kier alpha value is -2.20. The molecule has 2 aliphatic heterocycles. The number of fused-ring (bicyclic) bond motifs is 5. The average Bonchev–Trinajstić information content (AvgIpc) is 3.33. The van der Waals surface area contributed by atoms with Gasteiger partial charge in [0.05, 0.1) is 40.3 Å². The Kier molecular flexibility index (Phi) is 11.5. The van der Waals surface area contributed by atoms with E-state index in [1.54, 1.807) is 13.8 Å². The third-order valence-electron chi connectivity index (χ3n) is 15.0. The molecule has 4 unspecified atom stereocenters. The number of esters is 2. The van der Waals surface area contributed by atoms with Gasteiger partial charge in [-0.3, -0.25) is 9.59 Å². The van der Waals surface area contributed by atoms with Crippen molar-refractivity contribution in [3.63, 3.8) is 0 Å². The highest BCUT2D eigenvalue weighted by Crippen LogP contribution is 2.68. The highest BCUT2D eigenvalue weighted by molar-refractivity contribution is 5.72. The number of carbonyl (C=O) groups is 4. The molecule has 0 aromatic carbocycles. The number of aliphatic carboxylic acids is 2. The van der Waals surface area contributed by atoms with Crippen LogP contribution in [0.4, 0.5) is 0 Å². The summed E-state index contributed by atoms with van der Waals surface area (Å²) < 4.78 is 14.7. The summed E-state index contributed by atoms with van der Waals surface area (Å²) in [5.74, 6) is -0.214. The Bertz CT molecular complexity index is 1210. The third-order valence-corrected chi connectivity index (χ3v) is 15.0. The topological polar surface area (TPSA) is 133 Å². The maximum atomic E-state index is 12.5. The Labute approximate surface area is 294 Å². The first-order valence-electron chi connectivity index (χ1n) is 19.4. The molecule has 10 atom stereocenters. The zero-order valence-corrected chi connectivity index (χ0v) is 31.2. The molecule has 2 saturated heterocycles. The van der Waals surface area contributed by atoms with Crippen molar-refractivity contribution in [1.29, 1.82) is 0 Å². The summed E-state index contributed by atoms with van der Waals surface area (Å²) in [6.45, 7) is 13.3. The first kappa shape index (κ1) is 38.0. The van der Waals surface area contributed by atoms with Gasteiger partial charge in [0, 0.05) is 44.0 Å². The van der Waals surface area contributed by atoms with Crippen LogP contribution in [0.1, 0.15) is 124 Å². The Morgan fingerprint density at radius 1 is 0.673 bits per heavy atom. The van der Waals surface area contributed by atoms with Crippen molar-refractivity contribution in [3.8, 4) is 0 Å². The summed E-state index contributed by atoms with van der Waals surface area (Å²) in [5, 5.41) is 19.0. The second kappa shape index (κ2) is 14.8. The van der Waals surface area contributed by atoms with Crippen molar-refractivity contribution >= 4 is 23.9 Å². The second-order valence-electron chi connectivity index (χ2n) is 17.9. The number of carboxylic acids is 2. The van der Waals surface area contributed by atoms with Crippen LogP contribution in [0.15, 0.2) is 0 Å². The highest BCUT2D eigenvalue weighted by Gasteiger charge is 2.68. The number of likely N-dealkylation sites (N-methyl/N-ethyl adjacent to an activating group) is 2. The quantitative estimate of drug-likeness (QED) is 0.294. The van der Waals surface area contributed by atoms with Crippen LogP contribution >= 0.6 is 0 Å². The third kappa shape index (κ3) is 7.70. The van der Waals surface area contributed by atoms with Crippen molar-refractivity contribution in [2.45, 2.75) is 148 Å². The van der Waals surface area contributed by atoms with E-state index in [-0.39, 0.29) is 29.6 Å². The number of piperidine rings is 2. The van der Waals surface area contributed by atoms with E-state index in [4.69, 9.17) is 9.47 Å². The van der Waals surface area contributed by atoms with Gasteiger partial charge in [0.2, 0.25) is 0 Å². The van der Waals surface area contributed by atoms with Gasteiger partial charge in [0.1, 0.15) is 12.1 Å². The van der Waals surface area contributed by atoms with Crippen LogP contribution in [0.25, 0.3) is 0 Å². The lowest BCUT2D eigenvalue weighted by molar-refractivity contribution is -0.943. The lowest BCUT2D eigenvalue weighted by Crippen LogP contribution is -2.66. The number of rotatable bonds is 7. The van der Waals surface area contributed by atoms with E-state index in [9.17, 15) is 29.4 Å². The van der Waals surface area contributed by atoms with Crippen LogP contribution < -0.4 is 10.2 Å². The summed E-state index contributed by atoms with van der Waals surface area (Å²) in [6, 6.07) is 0.846. The molecule has 0 bridgehead atoms.